The van der Waals surface area contributed by atoms with Gasteiger partial charge in [-0.25, -0.2) is 9.67 Å². The van der Waals surface area contributed by atoms with Crippen molar-refractivity contribution in [1.82, 2.24) is 19.7 Å². The van der Waals surface area contributed by atoms with Gasteiger partial charge >= 0.3 is 6.18 Å². The number of benzene rings is 1. The number of aromatic nitrogens is 4. The summed E-state index contributed by atoms with van der Waals surface area (Å²) in [6.07, 6.45) is -1.42. The van der Waals surface area contributed by atoms with Crippen LogP contribution in [0.1, 0.15) is 5.56 Å². The second-order valence-electron chi connectivity index (χ2n) is 4.77. The van der Waals surface area contributed by atoms with Crippen molar-refractivity contribution in [2.75, 3.05) is 12.4 Å². The van der Waals surface area contributed by atoms with E-state index < -0.39 is 11.7 Å². The lowest BCUT2D eigenvalue weighted by molar-refractivity contribution is -0.137. The van der Waals surface area contributed by atoms with Crippen LogP contribution in [0, 0.1) is 0 Å². The summed E-state index contributed by atoms with van der Waals surface area (Å²) in [6, 6.07) is 8.17. The molecule has 0 aliphatic heterocycles. The number of hydrogen-bond donors (Lipinski definition) is 1. The minimum atomic E-state index is -4.40. The standard InChI is InChI=1S/C15H12F3N5O/c1-24-13-8-12(5-6-19-13)23-9-20-14(22-23)21-11-4-2-3-10(7-11)15(16,17)18/h2-9H,1H3,(H,21,22). The van der Waals surface area contributed by atoms with Crippen LogP contribution in [-0.2, 0) is 6.18 Å². The van der Waals surface area contributed by atoms with E-state index in [2.05, 4.69) is 20.4 Å². The maximum absolute atomic E-state index is 12.7. The van der Waals surface area contributed by atoms with Crippen LogP contribution in [-0.4, -0.2) is 26.9 Å². The number of nitrogens with one attached hydrogen (secondary N) is 1. The first-order valence-electron chi connectivity index (χ1n) is 6.82. The van der Waals surface area contributed by atoms with Crippen LogP contribution < -0.4 is 10.1 Å². The first-order chi connectivity index (χ1) is 11.5. The normalized spacial score (nSPS) is 11.3. The van der Waals surface area contributed by atoms with E-state index in [1.165, 1.54) is 30.3 Å². The van der Waals surface area contributed by atoms with Crippen molar-refractivity contribution >= 4 is 11.6 Å². The Morgan fingerprint density at radius 3 is 2.71 bits per heavy atom. The number of ether oxygens (including phenoxy) is 1. The fraction of sp³-hybridized carbons (Fsp3) is 0.133. The van der Waals surface area contributed by atoms with E-state index in [1.807, 2.05) is 0 Å². The third-order valence-electron chi connectivity index (χ3n) is 3.13. The molecule has 0 spiro atoms. The smallest absolute Gasteiger partial charge is 0.416 e. The van der Waals surface area contributed by atoms with Crippen LogP contribution in [0.25, 0.3) is 5.69 Å². The van der Waals surface area contributed by atoms with E-state index in [-0.39, 0.29) is 11.6 Å². The highest BCUT2D eigenvalue weighted by atomic mass is 19.4. The van der Waals surface area contributed by atoms with Gasteiger partial charge in [-0.2, -0.15) is 18.2 Å². The van der Waals surface area contributed by atoms with E-state index in [4.69, 9.17) is 4.74 Å². The number of anilines is 2. The van der Waals surface area contributed by atoms with Crippen LogP contribution >= 0.6 is 0 Å². The molecule has 2 heterocycles. The molecular formula is C15H12F3N5O. The Hall–Kier alpha value is -3.10. The van der Waals surface area contributed by atoms with Crippen molar-refractivity contribution < 1.29 is 17.9 Å². The first kappa shape index (κ1) is 15.8. The fourth-order valence-corrected chi connectivity index (χ4v) is 2.00. The van der Waals surface area contributed by atoms with Crippen LogP contribution in [0.3, 0.4) is 0 Å². The lowest BCUT2D eigenvalue weighted by Crippen LogP contribution is -2.05. The Bertz CT molecular complexity index is 847. The lowest BCUT2D eigenvalue weighted by atomic mass is 10.2. The molecule has 0 aliphatic carbocycles. The van der Waals surface area contributed by atoms with Crippen molar-refractivity contribution in [3.05, 3.63) is 54.5 Å². The van der Waals surface area contributed by atoms with E-state index in [0.29, 0.717) is 11.6 Å². The number of rotatable bonds is 4. The molecule has 0 radical (unpaired) electrons. The number of hydrogen-bond acceptors (Lipinski definition) is 5. The molecule has 3 rings (SSSR count). The number of methoxy groups -OCH3 is 1. The van der Waals surface area contributed by atoms with Gasteiger partial charge < -0.3 is 10.1 Å². The summed E-state index contributed by atoms with van der Waals surface area (Å²) >= 11 is 0. The number of halogens is 3. The Morgan fingerprint density at radius 1 is 1.12 bits per heavy atom. The Morgan fingerprint density at radius 2 is 1.96 bits per heavy atom. The SMILES string of the molecule is COc1cc(-n2cnc(Nc3cccc(C(F)(F)F)c3)n2)ccn1. The van der Waals surface area contributed by atoms with Gasteiger partial charge in [0.2, 0.25) is 11.8 Å². The zero-order valence-corrected chi connectivity index (χ0v) is 12.4. The van der Waals surface area contributed by atoms with Gasteiger partial charge in [-0.3, -0.25) is 0 Å². The predicted octanol–water partition coefficient (Wildman–Crippen LogP) is 3.43. The molecule has 0 amide bonds. The summed E-state index contributed by atoms with van der Waals surface area (Å²) in [5.41, 5.74) is 0.159. The molecular weight excluding hydrogens is 323 g/mol. The average molecular weight is 335 g/mol. The summed E-state index contributed by atoms with van der Waals surface area (Å²) in [5, 5.41) is 6.92. The molecule has 0 fully saturated rings. The summed E-state index contributed by atoms with van der Waals surface area (Å²) in [5.74, 6) is 0.584. The largest absolute Gasteiger partial charge is 0.481 e. The van der Waals surface area contributed by atoms with E-state index in [0.717, 1.165) is 12.1 Å². The summed E-state index contributed by atoms with van der Waals surface area (Å²) < 4.78 is 44.7. The molecule has 0 saturated heterocycles. The highest BCUT2D eigenvalue weighted by Gasteiger charge is 2.30. The Balaban J connectivity index is 1.81. The first-order valence-corrected chi connectivity index (χ1v) is 6.82. The third-order valence-corrected chi connectivity index (χ3v) is 3.13. The van der Waals surface area contributed by atoms with Gasteiger partial charge in [0, 0.05) is 18.0 Å². The molecule has 124 valence electrons. The van der Waals surface area contributed by atoms with Crippen LogP contribution in [0.4, 0.5) is 24.8 Å². The zero-order chi connectivity index (χ0) is 17.2. The minimum Gasteiger partial charge on any atom is -0.481 e. The maximum atomic E-state index is 12.7. The number of pyridine rings is 1. The molecule has 1 aromatic carbocycles. The van der Waals surface area contributed by atoms with E-state index >= 15 is 0 Å². The maximum Gasteiger partial charge on any atom is 0.416 e. The lowest BCUT2D eigenvalue weighted by Gasteiger charge is -2.08. The monoisotopic (exact) mass is 335 g/mol. The molecule has 1 N–H and O–H groups in total. The second kappa shape index (κ2) is 6.19. The molecule has 9 heteroatoms. The second-order valence-corrected chi connectivity index (χ2v) is 4.77. The van der Waals surface area contributed by atoms with Gasteiger partial charge in [0.05, 0.1) is 18.4 Å². The van der Waals surface area contributed by atoms with Gasteiger partial charge in [0.15, 0.2) is 0 Å². The molecule has 0 unspecified atom stereocenters. The van der Waals surface area contributed by atoms with Gasteiger partial charge in [-0.1, -0.05) is 6.07 Å². The van der Waals surface area contributed by atoms with E-state index in [9.17, 15) is 13.2 Å². The minimum absolute atomic E-state index is 0.171. The molecule has 0 saturated carbocycles. The quantitative estimate of drug-likeness (QED) is 0.791. The van der Waals surface area contributed by atoms with Crippen molar-refractivity contribution in [3.63, 3.8) is 0 Å². The van der Waals surface area contributed by atoms with Crippen molar-refractivity contribution in [1.29, 1.82) is 0 Å². The highest BCUT2D eigenvalue weighted by Crippen LogP contribution is 2.31. The fourth-order valence-electron chi connectivity index (χ4n) is 2.00. The average Bonchev–Trinajstić information content (AvgIpc) is 3.03. The Labute approximate surface area is 134 Å². The van der Waals surface area contributed by atoms with Crippen molar-refractivity contribution in [2.45, 2.75) is 6.18 Å². The van der Waals surface area contributed by atoms with Gasteiger partial charge in [-0.05, 0) is 24.3 Å². The molecule has 6 nitrogen and oxygen atoms in total. The molecule has 2 aromatic heterocycles. The van der Waals surface area contributed by atoms with Gasteiger partial charge in [0.25, 0.3) is 0 Å². The molecule has 24 heavy (non-hydrogen) atoms. The predicted molar refractivity (Wildman–Crippen MR) is 80.4 cm³/mol. The number of alkyl halides is 3. The summed E-state index contributed by atoms with van der Waals surface area (Å²) in [7, 11) is 1.49. The van der Waals surface area contributed by atoms with Crippen molar-refractivity contribution in [3.8, 4) is 11.6 Å². The Kier molecular flexibility index (Phi) is 4.07. The van der Waals surface area contributed by atoms with Gasteiger partial charge in [0.1, 0.15) is 6.33 Å². The van der Waals surface area contributed by atoms with E-state index in [1.54, 1.807) is 18.3 Å². The van der Waals surface area contributed by atoms with Crippen LogP contribution in [0.15, 0.2) is 48.9 Å². The summed E-state index contributed by atoms with van der Waals surface area (Å²) in [6.45, 7) is 0. The molecule has 0 bridgehead atoms. The van der Waals surface area contributed by atoms with Gasteiger partial charge in [-0.15, -0.1) is 5.10 Å². The van der Waals surface area contributed by atoms with Crippen LogP contribution in [0.2, 0.25) is 0 Å². The zero-order valence-electron chi connectivity index (χ0n) is 12.4. The summed E-state index contributed by atoms with van der Waals surface area (Å²) in [4.78, 5) is 8.02. The molecule has 0 aliphatic rings. The highest BCUT2D eigenvalue weighted by molar-refractivity contribution is 5.54. The topological polar surface area (TPSA) is 64.9 Å². The van der Waals surface area contributed by atoms with Crippen LogP contribution in [0.5, 0.6) is 5.88 Å². The molecule has 0 atom stereocenters. The third kappa shape index (κ3) is 3.45. The van der Waals surface area contributed by atoms with Crippen molar-refractivity contribution in [2.24, 2.45) is 0 Å². The number of nitrogens with zero attached hydrogens (tertiary/aromatic N) is 4. The molecule has 3 aromatic rings.